The van der Waals surface area contributed by atoms with Gasteiger partial charge in [0.1, 0.15) is 0 Å². The minimum absolute atomic E-state index is 0.129. The van der Waals surface area contributed by atoms with Crippen LogP contribution in [0, 0.1) is 5.92 Å². The van der Waals surface area contributed by atoms with Crippen molar-refractivity contribution in [2.24, 2.45) is 5.92 Å². The highest BCUT2D eigenvalue weighted by Crippen LogP contribution is 2.30. The van der Waals surface area contributed by atoms with Crippen molar-refractivity contribution in [2.75, 3.05) is 7.05 Å². The number of hydrogen-bond acceptors (Lipinski definition) is 2. The van der Waals surface area contributed by atoms with Gasteiger partial charge in [-0.05, 0) is 36.5 Å². The van der Waals surface area contributed by atoms with Gasteiger partial charge in [-0.1, -0.05) is 47.8 Å². The van der Waals surface area contributed by atoms with Crippen LogP contribution in [0.3, 0.4) is 0 Å². The summed E-state index contributed by atoms with van der Waals surface area (Å²) < 4.78 is 27.0. The maximum Gasteiger partial charge on any atom is 0.243 e. The molecule has 0 bridgehead atoms. The van der Waals surface area contributed by atoms with Gasteiger partial charge in [0.25, 0.3) is 0 Å². The van der Waals surface area contributed by atoms with Crippen molar-refractivity contribution in [3.8, 4) is 0 Å². The third kappa shape index (κ3) is 3.26. The molecule has 0 N–H and O–H groups in total. The fourth-order valence-electron chi connectivity index (χ4n) is 2.93. The highest BCUT2D eigenvalue weighted by molar-refractivity contribution is 9.08. The molecule has 2 rings (SSSR count). The predicted molar refractivity (Wildman–Crippen MR) is 85.4 cm³/mol. The van der Waals surface area contributed by atoms with E-state index in [2.05, 4.69) is 22.9 Å². The molecule has 5 heteroatoms. The van der Waals surface area contributed by atoms with Crippen LogP contribution in [0.2, 0.25) is 0 Å². The van der Waals surface area contributed by atoms with E-state index in [4.69, 9.17) is 0 Å². The molecule has 1 aromatic carbocycles. The van der Waals surface area contributed by atoms with Gasteiger partial charge in [-0.25, -0.2) is 8.42 Å². The second kappa shape index (κ2) is 6.58. The van der Waals surface area contributed by atoms with Gasteiger partial charge in [-0.2, -0.15) is 4.31 Å². The molecule has 0 amide bonds. The number of rotatable bonds is 4. The number of halogens is 1. The third-order valence-corrected chi connectivity index (χ3v) is 6.83. The van der Waals surface area contributed by atoms with E-state index >= 15 is 0 Å². The Kier molecular flexibility index (Phi) is 5.26. The summed E-state index contributed by atoms with van der Waals surface area (Å²) in [6.07, 6.45) is 4.42. The molecule has 0 heterocycles. The van der Waals surface area contributed by atoms with Gasteiger partial charge in [0.2, 0.25) is 10.0 Å². The van der Waals surface area contributed by atoms with Crippen LogP contribution in [0.4, 0.5) is 0 Å². The first kappa shape index (κ1) is 16.0. The molecule has 1 fully saturated rings. The number of alkyl halides is 1. The summed E-state index contributed by atoms with van der Waals surface area (Å²) in [5, 5.41) is 0.739. The van der Waals surface area contributed by atoms with Gasteiger partial charge in [0.05, 0.1) is 4.90 Å². The van der Waals surface area contributed by atoms with Gasteiger partial charge in [0.15, 0.2) is 0 Å². The molecule has 20 heavy (non-hydrogen) atoms. The zero-order valence-electron chi connectivity index (χ0n) is 12.0. The van der Waals surface area contributed by atoms with E-state index in [-0.39, 0.29) is 6.04 Å². The van der Waals surface area contributed by atoms with Crippen LogP contribution in [0.25, 0.3) is 0 Å². The first-order chi connectivity index (χ1) is 9.46. The molecular weight excluding hydrogens is 338 g/mol. The van der Waals surface area contributed by atoms with Crippen molar-refractivity contribution >= 4 is 26.0 Å². The molecule has 3 nitrogen and oxygen atoms in total. The minimum atomic E-state index is -3.38. The first-order valence-electron chi connectivity index (χ1n) is 7.09. The predicted octanol–water partition coefficient (Wildman–Crippen LogP) is 3.78. The van der Waals surface area contributed by atoms with Gasteiger partial charge >= 0.3 is 0 Å². The summed E-state index contributed by atoms with van der Waals surface area (Å²) in [5.74, 6) is 0.436. The Hall–Kier alpha value is -0.390. The Balaban J connectivity index is 2.23. The van der Waals surface area contributed by atoms with Crippen LogP contribution in [-0.2, 0) is 15.4 Å². The van der Waals surface area contributed by atoms with Crippen LogP contribution >= 0.6 is 15.9 Å². The van der Waals surface area contributed by atoms with Gasteiger partial charge in [0, 0.05) is 18.4 Å². The van der Waals surface area contributed by atoms with E-state index in [0.29, 0.717) is 10.8 Å². The van der Waals surface area contributed by atoms with E-state index in [9.17, 15) is 8.42 Å². The number of sulfonamides is 1. The molecule has 112 valence electrons. The van der Waals surface area contributed by atoms with Crippen LogP contribution in [0.1, 0.15) is 38.2 Å². The third-order valence-electron chi connectivity index (χ3n) is 4.29. The second-order valence-corrected chi connectivity index (χ2v) is 8.19. The highest BCUT2D eigenvalue weighted by atomic mass is 79.9. The fraction of sp³-hybridized carbons (Fsp3) is 0.600. The van der Waals surface area contributed by atoms with Crippen LogP contribution < -0.4 is 0 Å². The molecule has 2 unspecified atom stereocenters. The number of hydrogen-bond donors (Lipinski definition) is 0. The van der Waals surface area contributed by atoms with Crippen LogP contribution in [0.15, 0.2) is 29.2 Å². The summed E-state index contributed by atoms with van der Waals surface area (Å²) in [6, 6.07) is 7.26. The normalized spacial score (nSPS) is 24.0. The lowest BCUT2D eigenvalue weighted by molar-refractivity contribution is 0.213. The van der Waals surface area contributed by atoms with Crippen molar-refractivity contribution in [1.29, 1.82) is 0 Å². The van der Waals surface area contributed by atoms with E-state index in [1.165, 1.54) is 6.42 Å². The Morgan fingerprint density at radius 1 is 1.20 bits per heavy atom. The van der Waals surface area contributed by atoms with Gasteiger partial charge in [-0.3, -0.25) is 0 Å². The molecule has 0 spiro atoms. The maximum absolute atomic E-state index is 12.7. The average molecular weight is 360 g/mol. The van der Waals surface area contributed by atoms with Crippen molar-refractivity contribution < 1.29 is 8.42 Å². The Morgan fingerprint density at radius 2 is 1.80 bits per heavy atom. The lowest BCUT2D eigenvalue weighted by Crippen LogP contribution is -2.42. The quantitative estimate of drug-likeness (QED) is 0.767. The number of nitrogens with zero attached hydrogens (tertiary/aromatic N) is 1. The molecular formula is C15H22BrNO2S. The molecule has 1 aromatic rings. The molecule has 0 saturated heterocycles. The second-order valence-electron chi connectivity index (χ2n) is 5.63. The van der Waals surface area contributed by atoms with Crippen molar-refractivity contribution in [3.05, 3.63) is 29.8 Å². The largest absolute Gasteiger partial charge is 0.243 e. The highest BCUT2D eigenvalue weighted by Gasteiger charge is 2.32. The van der Waals surface area contributed by atoms with Crippen molar-refractivity contribution in [3.63, 3.8) is 0 Å². The van der Waals surface area contributed by atoms with Crippen LogP contribution in [-0.4, -0.2) is 25.8 Å². The topological polar surface area (TPSA) is 37.4 Å². The fourth-order valence-corrected chi connectivity index (χ4v) is 4.79. The molecule has 1 saturated carbocycles. The Morgan fingerprint density at radius 3 is 2.35 bits per heavy atom. The summed E-state index contributed by atoms with van der Waals surface area (Å²) in [4.78, 5) is 0.391. The first-order valence-corrected chi connectivity index (χ1v) is 9.66. The zero-order chi connectivity index (χ0) is 14.8. The maximum atomic E-state index is 12.7. The van der Waals surface area contributed by atoms with E-state index in [1.807, 2.05) is 12.1 Å². The van der Waals surface area contributed by atoms with Crippen molar-refractivity contribution in [1.82, 2.24) is 4.31 Å². The summed E-state index contributed by atoms with van der Waals surface area (Å²) in [5.41, 5.74) is 1.08. The molecule has 2 atom stereocenters. The summed E-state index contributed by atoms with van der Waals surface area (Å²) in [6.45, 7) is 2.16. The molecule has 0 aromatic heterocycles. The molecule has 1 aliphatic carbocycles. The van der Waals surface area contributed by atoms with Crippen LogP contribution in [0.5, 0.6) is 0 Å². The lowest BCUT2D eigenvalue weighted by Gasteiger charge is -2.35. The Bertz CT molecular complexity index is 541. The molecule has 0 radical (unpaired) electrons. The SMILES string of the molecule is CC1CCCCC1N(C)S(=O)(=O)c1ccc(CBr)cc1. The van der Waals surface area contributed by atoms with E-state index in [0.717, 1.165) is 30.2 Å². The zero-order valence-corrected chi connectivity index (χ0v) is 14.5. The Labute approximate surface area is 130 Å². The number of benzene rings is 1. The van der Waals surface area contributed by atoms with E-state index in [1.54, 1.807) is 23.5 Å². The van der Waals surface area contributed by atoms with E-state index < -0.39 is 10.0 Å². The minimum Gasteiger partial charge on any atom is -0.207 e. The van der Waals surface area contributed by atoms with Crippen molar-refractivity contribution in [2.45, 2.75) is 48.9 Å². The average Bonchev–Trinajstić information content (AvgIpc) is 2.47. The molecule has 1 aliphatic rings. The van der Waals surface area contributed by atoms with Gasteiger partial charge in [-0.15, -0.1) is 0 Å². The summed E-state index contributed by atoms with van der Waals surface area (Å²) in [7, 11) is -1.66. The van der Waals surface area contributed by atoms with Gasteiger partial charge < -0.3 is 0 Å². The standard InChI is InChI=1S/C15H22BrNO2S/c1-12-5-3-4-6-15(12)17(2)20(18,19)14-9-7-13(11-16)8-10-14/h7-10,12,15H,3-6,11H2,1-2H3. The lowest BCUT2D eigenvalue weighted by atomic mass is 9.86. The summed E-state index contributed by atoms with van der Waals surface area (Å²) >= 11 is 3.37. The smallest absolute Gasteiger partial charge is 0.207 e. The molecule has 0 aliphatic heterocycles. The monoisotopic (exact) mass is 359 g/mol.